The summed E-state index contributed by atoms with van der Waals surface area (Å²) in [6.07, 6.45) is 6.08. The summed E-state index contributed by atoms with van der Waals surface area (Å²) >= 11 is 0. The van der Waals surface area contributed by atoms with E-state index in [4.69, 9.17) is 19.4 Å². The molecule has 0 amide bonds. The molecule has 4 heteroatoms. The van der Waals surface area contributed by atoms with E-state index in [1.807, 2.05) is 42.7 Å². The summed E-state index contributed by atoms with van der Waals surface area (Å²) in [6.45, 7) is 0. The van der Waals surface area contributed by atoms with Crippen molar-refractivity contribution in [2.24, 2.45) is 0 Å². The molecule has 370 valence electrons. The third-order valence-corrected chi connectivity index (χ3v) is 15.1. The third kappa shape index (κ3) is 9.07. The van der Waals surface area contributed by atoms with Gasteiger partial charge in [0, 0.05) is 62.7 Å². The van der Waals surface area contributed by atoms with Gasteiger partial charge in [-0.2, -0.15) is 0 Å². The smallest absolute Gasteiger partial charge is 0.136 e. The molecule has 0 aliphatic rings. The van der Waals surface area contributed by atoms with Crippen molar-refractivity contribution in [3.05, 3.63) is 298 Å². The van der Waals surface area contributed by atoms with Gasteiger partial charge in [0.25, 0.3) is 0 Å². The quantitative estimate of drug-likeness (QED) is 0.130. The number of nitrogens with zero attached hydrogens (tertiary/aromatic N) is 3. The van der Waals surface area contributed by atoms with Crippen molar-refractivity contribution in [1.82, 2.24) is 15.0 Å². The lowest BCUT2D eigenvalue weighted by molar-refractivity contribution is 0.669. The average Bonchev–Trinajstić information content (AvgIpc) is 4.04. The molecule has 0 spiro atoms. The maximum absolute atomic E-state index is 6.40. The Morgan fingerprint density at radius 2 is 0.595 bits per heavy atom. The number of pyridine rings is 3. The van der Waals surface area contributed by atoms with E-state index < -0.39 is 0 Å². The lowest BCUT2D eigenvalue weighted by atomic mass is 9.85. The van der Waals surface area contributed by atoms with Crippen LogP contribution in [0.15, 0.2) is 302 Å². The Labute approximate surface area is 459 Å². The Balaban J connectivity index is 0.956. The second-order valence-corrected chi connectivity index (χ2v) is 19.9. The van der Waals surface area contributed by atoms with Crippen LogP contribution >= 0.6 is 0 Å². The maximum Gasteiger partial charge on any atom is 0.136 e. The highest BCUT2D eigenvalue weighted by Gasteiger charge is 2.21. The molecule has 4 aromatic heterocycles. The second-order valence-electron chi connectivity index (χ2n) is 19.9. The van der Waals surface area contributed by atoms with Crippen molar-refractivity contribution in [3.63, 3.8) is 0 Å². The van der Waals surface area contributed by atoms with Gasteiger partial charge in [-0.3, -0.25) is 15.0 Å². The minimum absolute atomic E-state index is 0.837. The standard InChI is InChI=1S/C75H49N3O/c1-4-19-50(20-5-1)51-35-37-52(38-36-51)68-46-72(66-32-18-34-74-75(66)67-31-16-17-33-73(67)79-74)78-49-69(68)65-30-15-14-29-64(65)59-44-57(62-27-12-10-25-60(62)55-39-41-70(76-47-55)53-21-6-2-7-22-53)43-58(45-59)63-28-13-11-26-61(63)56-40-42-71(77-48-56)54-23-8-3-9-24-54/h1-49H. The zero-order valence-corrected chi connectivity index (χ0v) is 43.0. The highest BCUT2D eigenvalue weighted by atomic mass is 16.3. The minimum Gasteiger partial charge on any atom is -0.456 e. The molecular weight excluding hydrogens is 959 g/mol. The van der Waals surface area contributed by atoms with Crippen LogP contribution in [0.5, 0.6) is 0 Å². The summed E-state index contributed by atoms with van der Waals surface area (Å²) < 4.78 is 6.40. The number of rotatable bonds is 11. The van der Waals surface area contributed by atoms with Gasteiger partial charge < -0.3 is 4.42 Å². The zero-order chi connectivity index (χ0) is 52.5. The first-order chi connectivity index (χ1) is 39.2. The van der Waals surface area contributed by atoms with Crippen LogP contribution in [0.3, 0.4) is 0 Å². The van der Waals surface area contributed by atoms with E-state index in [9.17, 15) is 0 Å². The molecule has 0 atom stereocenters. The summed E-state index contributed by atoms with van der Waals surface area (Å²) in [4.78, 5) is 15.4. The zero-order valence-electron chi connectivity index (χ0n) is 43.0. The number of hydrogen-bond acceptors (Lipinski definition) is 4. The first kappa shape index (κ1) is 46.9. The molecule has 0 bridgehead atoms. The van der Waals surface area contributed by atoms with E-state index in [2.05, 4.69) is 255 Å². The van der Waals surface area contributed by atoms with E-state index in [1.165, 1.54) is 5.56 Å². The second kappa shape index (κ2) is 20.5. The molecular formula is C75H49N3O. The molecule has 10 aromatic carbocycles. The van der Waals surface area contributed by atoms with Crippen molar-refractivity contribution >= 4 is 21.9 Å². The Kier molecular flexibility index (Phi) is 12.2. The highest BCUT2D eigenvalue weighted by molar-refractivity contribution is 6.12. The van der Waals surface area contributed by atoms with E-state index in [1.54, 1.807) is 0 Å². The van der Waals surface area contributed by atoms with Gasteiger partial charge in [0.15, 0.2) is 0 Å². The third-order valence-electron chi connectivity index (χ3n) is 15.1. The molecule has 4 heterocycles. The number of hydrogen-bond donors (Lipinski definition) is 0. The monoisotopic (exact) mass is 1010 g/mol. The largest absolute Gasteiger partial charge is 0.456 e. The van der Waals surface area contributed by atoms with Gasteiger partial charge in [-0.25, -0.2) is 0 Å². The summed E-state index contributed by atoms with van der Waals surface area (Å²) in [5.74, 6) is 0. The molecule has 14 rings (SSSR count). The number of fused-ring (bicyclic) bond motifs is 3. The minimum atomic E-state index is 0.837. The normalized spacial score (nSPS) is 11.3. The molecule has 0 unspecified atom stereocenters. The van der Waals surface area contributed by atoms with E-state index >= 15 is 0 Å². The van der Waals surface area contributed by atoms with Gasteiger partial charge in [0.2, 0.25) is 0 Å². The van der Waals surface area contributed by atoms with Crippen LogP contribution in [0.2, 0.25) is 0 Å². The predicted octanol–water partition coefficient (Wildman–Crippen LogP) is 20.1. The molecule has 0 saturated carbocycles. The lowest BCUT2D eigenvalue weighted by Gasteiger charge is -2.19. The van der Waals surface area contributed by atoms with Crippen molar-refractivity contribution in [3.8, 4) is 123 Å². The van der Waals surface area contributed by atoms with Crippen molar-refractivity contribution < 1.29 is 4.42 Å². The molecule has 0 fully saturated rings. The van der Waals surface area contributed by atoms with Crippen molar-refractivity contribution in [1.29, 1.82) is 0 Å². The fourth-order valence-corrected chi connectivity index (χ4v) is 11.2. The summed E-state index contributed by atoms with van der Waals surface area (Å²) in [7, 11) is 0. The lowest BCUT2D eigenvalue weighted by Crippen LogP contribution is -1.95. The Hall–Kier alpha value is -10.6. The maximum atomic E-state index is 6.40. The van der Waals surface area contributed by atoms with Gasteiger partial charge >= 0.3 is 0 Å². The number of benzene rings is 10. The van der Waals surface area contributed by atoms with Gasteiger partial charge in [-0.1, -0.05) is 231 Å². The molecule has 79 heavy (non-hydrogen) atoms. The first-order valence-corrected chi connectivity index (χ1v) is 26.7. The average molecular weight is 1010 g/mol. The fourth-order valence-electron chi connectivity index (χ4n) is 11.2. The Bertz CT molecular complexity index is 4350. The molecule has 14 aromatic rings. The van der Waals surface area contributed by atoms with Gasteiger partial charge in [0.05, 0.1) is 17.1 Å². The SMILES string of the molecule is c1ccc(-c2ccc(-c3cc(-c4cccc5oc6ccccc6c45)ncc3-c3ccccc3-c3cc(-c4ccccc4-c4ccc(-c5ccccc5)nc4)cc(-c4ccccc4-c4ccc(-c5ccccc5)nc4)c3)cc2)cc1. The highest BCUT2D eigenvalue weighted by Crippen LogP contribution is 2.46. The molecule has 4 nitrogen and oxygen atoms in total. The fraction of sp³-hybridized carbons (Fsp3) is 0. The number of furan rings is 1. The number of para-hydroxylation sites is 1. The first-order valence-electron chi connectivity index (χ1n) is 26.7. The molecule has 0 radical (unpaired) electrons. The number of aromatic nitrogens is 3. The summed E-state index contributed by atoms with van der Waals surface area (Å²) in [5, 5.41) is 2.12. The molecule has 0 saturated heterocycles. The van der Waals surface area contributed by atoms with Crippen LogP contribution in [0, 0.1) is 0 Å². The van der Waals surface area contributed by atoms with Crippen LogP contribution in [0.25, 0.3) is 145 Å². The van der Waals surface area contributed by atoms with Crippen LogP contribution in [-0.2, 0) is 0 Å². The van der Waals surface area contributed by atoms with Crippen molar-refractivity contribution in [2.75, 3.05) is 0 Å². The molecule has 0 aliphatic heterocycles. The van der Waals surface area contributed by atoms with E-state index in [0.717, 1.165) is 139 Å². The Morgan fingerprint density at radius 3 is 1.13 bits per heavy atom. The van der Waals surface area contributed by atoms with Crippen LogP contribution in [-0.4, -0.2) is 15.0 Å². The van der Waals surface area contributed by atoms with Crippen LogP contribution in [0.1, 0.15) is 0 Å². The van der Waals surface area contributed by atoms with Gasteiger partial charge in [0.1, 0.15) is 11.2 Å². The topological polar surface area (TPSA) is 51.8 Å². The summed E-state index contributed by atoms with van der Waals surface area (Å²) in [5.41, 5.74) is 25.1. The van der Waals surface area contributed by atoms with Crippen LogP contribution in [0.4, 0.5) is 0 Å². The van der Waals surface area contributed by atoms with E-state index in [0.29, 0.717) is 0 Å². The van der Waals surface area contributed by atoms with Crippen LogP contribution < -0.4 is 0 Å². The summed E-state index contributed by atoms with van der Waals surface area (Å²) in [6, 6.07) is 98.8. The van der Waals surface area contributed by atoms with Crippen molar-refractivity contribution in [2.45, 2.75) is 0 Å². The molecule has 0 N–H and O–H groups in total. The van der Waals surface area contributed by atoms with Gasteiger partial charge in [-0.15, -0.1) is 0 Å². The predicted molar refractivity (Wildman–Crippen MR) is 327 cm³/mol. The molecule has 0 aliphatic carbocycles. The van der Waals surface area contributed by atoms with E-state index in [-0.39, 0.29) is 0 Å². The Morgan fingerprint density at radius 1 is 0.203 bits per heavy atom. The van der Waals surface area contributed by atoms with Gasteiger partial charge in [-0.05, 0) is 121 Å².